The Hall–Kier alpha value is -1.29. The molecule has 0 aromatic carbocycles. The lowest BCUT2D eigenvalue weighted by atomic mass is 10.0. The fraction of sp³-hybridized carbons (Fsp3) is 0.688. The minimum absolute atomic E-state index is 0.158. The van der Waals surface area contributed by atoms with Crippen molar-refractivity contribution >= 4 is 5.82 Å². The number of ether oxygens (including phenoxy) is 1. The lowest BCUT2D eigenvalue weighted by molar-refractivity contribution is 0.241. The van der Waals surface area contributed by atoms with Gasteiger partial charge < -0.3 is 15.4 Å². The van der Waals surface area contributed by atoms with Crippen molar-refractivity contribution in [3.05, 3.63) is 18.3 Å². The Balaban J connectivity index is 2.27. The van der Waals surface area contributed by atoms with Crippen molar-refractivity contribution in [3.8, 4) is 5.75 Å². The van der Waals surface area contributed by atoms with Crippen molar-refractivity contribution < 1.29 is 4.74 Å². The molecule has 4 nitrogen and oxygen atoms in total. The van der Waals surface area contributed by atoms with Crippen molar-refractivity contribution in [2.75, 3.05) is 18.0 Å². The molecule has 1 aromatic heterocycles. The standard InChI is InChI=1S/C16H27N3O/c1-4-19(14-8-5-7-13(14)11-17)16-15(20-12(2)3)9-6-10-18-16/h6,9-10,12-14H,4-5,7-8,11,17H2,1-3H3. The summed E-state index contributed by atoms with van der Waals surface area (Å²) in [5, 5.41) is 0. The number of pyridine rings is 1. The molecule has 0 amide bonds. The number of nitrogens with two attached hydrogens (primary N) is 1. The average molecular weight is 277 g/mol. The second-order valence-electron chi connectivity index (χ2n) is 5.77. The predicted octanol–water partition coefficient (Wildman–Crippen LogP) is 2.82. The van der Waals surface area contributed by atoms with Crippen molar-refractivity contribution in [1.82, 2.24) is 4.98 Å². The Morgan fingerprint density at radius 2 is 2.25 bits per heavy atom. The van der Waals surface area contributed by atoms with Gasteiger partial charge in [-0.1, -0.05) is 6.42 Å². The minimum Gasteiger partial charge on any atom is -0.487 e. The molecule has 4 heteroatoms. The van der Waals surface area contributed by atoms with E-state index in [4.69, 9.17) is 10.5 Å². The minimum atomic E-state index is 0.158. The van der Waals surface area contributed by atoms with Crippen LogP contribution in [0.2, 0.25) is 0 Å². The lowest BCUT2D eigenvalue weighted by Crippen LogP contribution is -2.41. The molecule has 1 aliphatic carbocycles. The number of anilines is 1. The van der Waals surface area contributed by atoms with E-state index >= 15 is 0 Å². The van der Waals surface area contributed by atoms with Crippen LogP contribution < -0.4 is 15.4 Å². The molecule has 2 atom stereocenters. The van der Waals surface area contributed by atoms with E-state index in [-0.39, 0.29) is 6.10 Å². The van der Waals surface area contributed by atoms with Gasteiger partial charge in [-0.15, -0.1) is 0 Å². The molecule has 1 aliphatic rings. The summed E-state index contributed by atoms with van der Waals surface area (Å²) < 4.78 is 5.92. The van der Waals surface area contributed by atoms with Gasteiger partial charge in [-0.2, -0.15) is 0 Å². The molecule has 2 N–H and O–H groups in total. The van der Waals surface area contributed by atoms with Crippen LogP contribution in [0.15, 0.2) is 18.3 Å². The number of aromatic nitrogens is 1. The lowest BCUT2D eigenvalue weighted by Gasteiger charge is -2.34. The maximum absolute atomic E-state index is 5.94. The van der Waals surface area contributed by atoms with Gasteiger partial charge >= 0.3 is 0 Å². The highest BCUT2D eigenvalue weighted by molar-refractivity contribution is 5.53. The van der Waals surface area contributed by atoms with Crippen LogP contribution in [0.3, 0.4) is 0 Å². The summed E-state index contributed by atoms with van der Waals surface area (Å²) in [5.41, 5.74) is 5.94. The molecule has 0 aliphatic heterocycles. The van der Waals surface area contributed by atoms with Crippen LogP contribution in [0.5, 0.6) is 5.75 Å². The largest absolute Gasteiger partial charge is 0.487 e. The number of rotatable bonds is 6. The summed E-state index contributed by atoms with van der Waals surface area (Å²) in [7, 11) is 0. The first-order valence-electron chi connectivity index (χ1n) is 7.75. The first-order valence-corrected chi connectivity index (χ1v) is 7.75. The maximum atomic E-state index is 5.94. The summed E-state index contributed by atoms with van der Waals surface area (Å²) in [4.78, 5) is 6.95. The zero-order chi connectivity index (χ0) is 14.5. The van der Waals surface area contributed by atoms with E-state index in [0.717, 1.165) is 24.7 Å². The highest BCUT2D eigenvalue weighted by Gasteiger charge is 2.32. The Kier molecular flexibility index (Phi) is 5.24. The monoisotopic (exact) mass is 277 g/mol. The van der Waals surface area contributed by atoms with Gasteiger partial charge in [0.15, 0.2) is 11.6 Å². The zero-order valence-corrected chi connectivity index (χ0v) is 12.9. The van der Waals surface area contributed by atoms with E-state index < -0.39 is 0 Å². The summed E-state index contributed by atoms with van der Waals surface area (Å²) in [6.07, 6.45) is 5.69. The third-order valence-corrected chi connectivity index (χ3v) is 4.05. The molecular weight excluding hydrogens is 250 g/mol. The van der Waals surface area contributed by atoms with E-state index in [9.17, 15) is 0 Å². The Labute approximate surface area is 122 Å². The Morgan fingerprint density at radius 3 is 2.90 bits per heavy atom. The van der Waals surface area contributed by atoms with Crippen molar-refractivity contribution in [1.29, 1.82) is 0 Å². The number of nitrogens with zero attached hydrogens (tertiary/aromatic N) is 2. The van der Waals surface area contributed by atoms with Gasteiger partial charge in [0.05, 0.1) is 6.10 Å². The second-order valence-corrected chi connectivity index (χ2v) is 5.77. The first kappa shape index (κ1) is 15.1. The van der Waals surface area contributed by atoms with E-state index in [1.807, 2.05) is 32.2 Å². The summed E-state index contributed by atoms with van der Waals surface area (Å²) in [6, 6.07) is 4.44. The van der Waals surface area contributed by atoms with Crippen LogP contribution in [0.4, 0.5) is 5.82 Å². The SMILES string of the molecule is CCN(c1ncccc1OC(C)C)C1CCCC1CN. The molecule has 0 spiro atoms. The fourth-order valence-corrected chi connectivity index (χ4v) is 3.19. The first-order chi connectivity index (χ1) is 9.67. The van der Waals surface area contributed by atoms with Gasteiger partial charge in [-0.25, -0.2) is 4.98 Å². The van der Waals surface area contributed by atoms with E-state index in [1.165, 1.54) is 19.3 Å². The molecule has 20 heavy (non-hydrogen) atoms. The topological polar surface area (TPSA) is 51.4 Å². The molecule has 1 heterocycles. The second kappa shape index (κ2) is 6.93. The van der Waals surface area contributed by atoms with Gasteiger partial charge in [0.25, 0.3) is 0 Å². The van der Waals surface area contributed by atoms with Gasteiger partial charge in [-0.05, 0) is 58.2 Å². The van der Waals surface area contributed by atoms with E-state index in [1.54, 1.807) is 0 Å². The highest BCUT2D eigenvalue weighted by Crippen LogP contribution is 2.35. The van der Waals surface area contributed by atoms with Crippen molar-refractivity contribution in [2.45, 2.75) is 52.2 Å². The summed E-state index contributed by atoms with van der Waals surface area (Å²) >= 11 is 0. The third-order valence-electron chi connectivity index (χ3n) is 4.05. The van der Waals surface area contributed by atoms with E-state index in [0.29, 0.717) is 12.0 Å². The zero-order valence-electron chi connectivity index (χ0n) is 12.9. The maximum Gasteiger partial charge on any atom is 0.171 e. The molecule has 1 aromatic rings. The summed E-state index contributed by atoms with van der Waals surface area (Å²) in [6.45, 7) is 7.97. The van der Waals surface area contributed by atoms with Crippen LogP contribution >= 0.6 is 0 Å². The van der Waals surface area contributed by atoms with Crippen LogP contribution in [-0.2, 0) is 0 Å². The van der Waals surface area contributed by atoms with Crippen LogP contribution in [0.1, 0.15) is 40.0 Å². The van der Waals surface area contributed by atoms with Crippen LogP contribution in [-0.4, -0.2) is 30.2 Å². The third kappa shape index (κ3) is 3.23. The molecule has 0 radical (unpaired) electrons. The number of hydrogen-bond donors (Lipinski definition) is 1. The molecule has 2 rings (SSSR count). The van der Waals surface area contributed by atoms with Gasteiger partial charge in [0.2, 0.25) is 0 Å². The van der Waals surface area contributed by atoms with Gasteiger partial charge in [0, 0.05) is 18.8 Å². The van der Waals surface area contributed by atoms with E-state index in [2.05, 4.69) is 16.8 Å². The molecule has 1 saturated carbocycles. The predicted molar refractivity (Wildman–Crippen MR) is 83.2 cm³/mol. The molecular formula is C16H27N3O. The van der Waals surface area contributed by atoms with Crippen molar-refractivity contribution in [3.63, 3.8) is 0 Å². The van der Waals surface area contributed by atoms with Crippen LogP contribution in [0.25, 0.3) is 0 Å². The Morgan fingerprint density at radius 1 is 1.45 bits per heavy atom. The van der Waals surface area contributed by atoms with Gasteiger partial charge in [-0.3, -0.25) is 0 Å². The van der Waals surface area contributed by atoms with Gasteiger partial charge in [0.1, 0.15) is 0 Å². The average Bonchev–Trinajstić information content (AvgIpc) is 2.89. The van der Waals surface area contributed by atoms with Crippen LogP contribution in [0, 0.1) is 5.92 Å². The normalized spacial score (nSPS) is 22.2. The molecule has 112 valence electrons. The number of hydrogen-bond acceptors (Lipinski definition) is 4. The van der Waals surface area contributed by atoms with Crippen molar-refractivity contribution in [2.24, 2.45) is 11.7 Å². The molecule has 1 fully saturated rings. The Bertz CT molecular complexity index is 422. The molecule has 0 bridgehead atoms. The summed E-state index contributed by atoms with van der Waals surface area (Å²) in [5.74, 6) is 2.42. The molecule has 2 unspecified atom stereocenters. The molecule has 0 saturated heterocycles. The fourth-order valence-electron chi connectivity index (χ4n) is 3.19. The quantitative estimate of drug-likeness (QED) is 0.868. The highest BCUT2D eigenvalue weighted by atomic mass is 16.5. The smallest absolute Gasteiger partial charge is 0.171 e.